The van der Waals surface area contributed by atoms with Gasteiger partial charge in [-0.05, 0) is 41.5 Å². The molecule has 0 spiro atoms. The lowest BCUT2D eigenvalue weighted by atomic mass is 10.1. The van der Waals surface area contributed by atoms with Gasteiger partial charge in [0.1, 0.15) is 18.2 Å². The minimum absolute atomic E-state index is 0.227. The number of hydrogen-bond donors (Lipinski definition) is 2. The molecule has 0 amide bonds. The number of rotatable bonds is 5. The molecule has 0 radical (unpaired) electrons. The average Bonchev–Trinajstić information content (AvgIpc) is 3.09. The lowest BCUT2D eigenvalue weighted by Crippen LogP contribution is -1.97. The molecule has 0 saturated heterocycles. The van der Waals surface area contributed by atoms with Crippen molar-refractivity contribution >= 4 is 17.0 Å². The van der Waals surface area contributed by atoms with Gasteiger partial charge in [0.2, 0.25) is 0 Å². The number of carbonyl (C=O) groups is 1. The second-order valence-electron chi connectivity index (χ2n) is 5.90. The summed E-state index contributed by atoms with van der Waals surface area (Å²) in [4.78, 5) is 18.6. The lowest BCUT2D eigenvalue weighted by Gasteiger charge is -2.06. The first kappa shape index (κ1) is 15.9. The maximum absolute atomic E-state index is 11.0. The minimum atomic E-state index is -0.960. The van der Waals surface area contributed by atoms with Crippen molar-refractivity contribution in [1.29, 1.82) is 0 Å². The number of carboxylic acid groups (broad SMARTS) is 1. The fourth-order valence-electron chi connectivity index (χ4n) is 2.79. The highest BCUT2D eigenvalue weighted by atomic mass is 16.5. The van der Waals surface area contributed by atoms with Crippen molar-refractivity contribution in [3.05, 3.63) is 84.2 Å². The summed E-state index contributed by atoms with van der Waals surface area (Å²) in [7, 11) is 0. The topological polar surface area (TPSA) is 75.2 Å². The Bertz CT molecular complexity index is 1050. The number of nitrogens with one attached hydrogen (secondary N) is 1. The lowest BCUT2D eigenvalue weighted by molar-refractivity contribution is 0.0697. The molecule has 0 fully saturated rings. The summed E-state index contributed by atoms with van der Waals surface area (Å²) < 4.78 is 5.78. The highest BCUT2D eigenvalue weighted by molar-refractivity contribution is 5.92. The molecule has 1 aromatic heterocycles. The number of carboxylic acids is 1. The molecule has 0 aliphatic heterocycles. The third kappa shape index (κ3) is 3.28. The van der Waals surface area contributed by atoms with E-state index in [1.807, 2.05) is 42.5 Å². The number of benzene rings is 3. The number of nitrogens with zero attached hydrogens (tertiary/aromatic N) is 1. The van der Waals surface area contributed by atoms with Gasteiger partial charge >= 0.3 is 5.97 Å². The van der Waals surface area contributed by atoms with Crippen LogP contribution in [0.4, 0.5) is 0 Å². The highest BCUT2D eigenvalue weighted by Gasteiger charge is 2.08. The Hall–Kier alpha value is -3.60. The van der Waals surface area contributed by atoms with Crippen molar-refractivity contribution in [2.45, 2.75) is 6.61 Å². The van der Waals surface area contributed by atoms with Crippen molar-refractivity contribution in [1.82, 2.24) is 9.97 Å². The zero-order chi connectivity index (χ0) is 17.9. The van der Waals surface area contributed by atoms with Gasteiger partial charge in [-0.25, -0.2) is 9.78 Å². The fourth-order valence-corrected chi connectivity index (χ4v) is 2.79. The zero-order valence-electron chi connectivity index (χ0n) is 13.8. The molecule has 0 atom stereocenters. The van der Waals surface area contributed by atoms with Gasteiger partial charge in [-0.1, -0.05) is 42.5 Å². The number of aromatic amines is 1. The first-order chi connectivity index (χ1) is 12.7. The van der Waals surface area contributed by atoms with E-state index in [-0.39, 0.29) is 12.2 Å². The van der Waals surface area contributed by atoms with Crippen LogP contribution in [0.5, 0.6) is 5.75 Å². The monoisotopic (exact) mass is 344 g/mol. The Balaban J connectivity index is 1.47. The van der Waals surface area contributed by atoms with E-state index in [0.717, 1.165) is 16.9 Å². The molecule has 3 aromatic carbocycles. The van der Waals surface area contributed by atoms with Gasteiger partial charge in [0.15, 0.2) is 0 Å². The van der Waals surface area contributed by atoms with E-state index in [9.17, 15) is 4.79 Å². The molecule has 0 aliphatic carbocycles. The summed E-state index contributed by atoms with van der Waals surface area (Å²) in [5, 5.41) is 9.05. The maximum Gasteiger partial charge on any atom is 0.335 e. The van der Waals surface area contributed by atoms with Crippen LogP contribution in [0.3, 0.4) is 0 Å². The van der Waals surface area contributed by atoms with Crippen LogP contribution in [0.25, 0.3) is 22.2 Å². The van der Waals surface area contributed by atoms with Gasteiger partial charge in [-0.3, -0.25) is 0 Å². The van der Waals surface area contributed by atoms with E-state index < -0.39 is 5.97 Å². The van der Waals surface area contributed by atoms with Crippen molar-refractivity contribution in [2.24, 2.45) is 0 Å². The average molecular weight is 344 g/mol. The number of aromatic nitrogens is 2. The van der Waals surface area contributed by atoms with Gasteiger partial charge < -0.3 is 14.8 Å². The van der Waals surface area contributed by atoms with Crippen LogP contribution in [0.1, 0.15) is 16.2 Å². The molecule has 2 N–H and O–H groups in total. The Morgan fingerprint density at radius 3 is 2.42 bits per heavy atom. The van der Waals surface area contributed by atoms with Crippen LogP contribution < -0.4 is 4.74 Å². The minimum Gasteiger partial charge on any atom is -0.486 e. The number of H-pyrrole nitrogens is 1. The molecule has 4 rings (SSSR count). The van der Waals surface area contributed by atoms with E-state index >= 15 is 0 Å². The Morgan fingerprint density at radius 2 is 1.69 bits per heavy atom. The predicted molar refractivity (Wildman–Crippen MR) is 99.3 cm³/mol. The SMILES string of the molecule is O=C(O)c1ccc2nc(COc3ccc(-c4ccccc4)cc3)[nH]c2c1. The molecule has 5 nitrogen and oxygen atoms in total. The van der Waals surface area contributed by atoms with E-state index in [1.165, 1.54) is 0 Å². The highest BCUT2D eigenvalue weighted by Crippen LogP contribution is 2.22. The molecule has 128 valence electrons. The standard InChI is InChI=1S/C21H16N2O3/c24-21(25)16-8-11-18-19(12-16)23-20(22-18)13-26-17-9-6-15(7-10-17)14-4-2-1-3-5-14/h1-12H,13H2,(H,22,23)(H,24,25). The van der Waals surface area contributed by atoms with Gasteiger partial charge in [0, 0.05) is 0 Å². The van der Waals surface area contributed by atoms with Crippen LogP contribution in [-0.4, -0.2) is 21.0 Å². The molecule has 1 heterocycles. The normalized spacial score (nSPS) is 10.8. The van der Waals surface area contributed by atoms with Crippen LogP contribution >= 0.6 is 0 Å². The third-order valence-electron chi connectivity index (χ3n) is 4.11. The maximum atomic E-state index is 11.0. The van der Waals surface area contributed by atoms with Crippen LogP contribution in [-0.2, 0) is 6.61 Å². The number of hydrogen-bond acceptors (Lipinski definition) is 3. The quantitative estimate of drug-likeness (QED) is 0.559. The van der Waals surface area contributed by atoms with Crippen LogP contribution in [0.15, 0.2) is 72.8 Å². The number of ether oxygens (including phenoxy) is 1. The summed E-state index contributed by atoms with van der Waals surface area (Å²) in [5.41, 5.74) is 3.91. The second kappa shape index (κ2) is 6.72. The summed E-state index contributed by atoms with van der Waals surface area (Å²) in [6.45, 7) is 0.280. The molecule has 26 heavy (non-hydrogen) atoms. The molecule has 5 heteroatoms. The summed E-state index contributed by atoms with van der Waals surface area (Å²) in [6.07, 6.45) is 0. The van der Waals surface area contributed by atoms with E-state index in [4.69, 9.17) is 9.84 Å². The Kier molecular flexibility index (Phi) is 4.11. The largest absolute Gasteiger partial charge is 0.486 e. The predicted octanol–water partition coefficient (Wildman–Crippen LogP) is 4.51. The van der Waals surface area contributed by atoms with Gasteiger partial charge in [0.05, 0.1) is 16.6 Å². The smallest absolute Gasteiger partial charge is 0.335 e. The van der Waals surface area contributed by atoms with Crippen molar-refractivity contribution in [3.63, 3.8) is 0 Å². The molecule has 0 bridgehead atoms. The fraction of sp³-hybridized carbons (Fsp3) is 0.0476. The summed E-state index contributed by atoms with van der Waals surface area (Å²) in [5.74, 6) is 0.434. The summed E-state index contributed by atoms with van der Waals surface area (Å²) >= 11 is 0. The molecule has 0 unspecified atom stereocenters. The number of imidazole rings is 1. The van der Waals surface area contributed by atoms with E-state index in [0.29, 0.717) is 16.9 Å². The molecule has 0 saturated carbocycles. The van der Waals surface area contributed by atoms with Gasteiger partial charge in [0.25, 0.3) is 0 Å². The van der Waals surface area contributed by atoms with E-state index in [2.05, 4.69) is 22.1 Å². The Morgan fingerprint density at radius 1 is 0.962 bits per heavy atom. The van der Waals surface area contributed by atoms with Crippen molar-refractivity contribution < 1.29 is 14.6 Å². The van der Waals surface area contributed by atoms with Gasteiger partial charge in [-0.2, -0.15) is 0 Å². The van der Waals surface area contributed by atoms with Gasteiger partial charge in [-0.15, -0.1) is 0 Å². The first-order valence-electron chi connectivity index (χ1n) is 8.19. The van der Waals surface area contributed by atoms with E-state index in [1.54, 1.807) is 18.2 Å². The first-order valence-corrected chi connectivity index (χ1v) is 8.19. The summed E-state index contributed by atoms with van der Waals surface area (Å²) in [6, 6.07) is 22.8. The zero-order valence-corrected chi connectivity index (χ0v) is 13.8. The number of aromatic carboxylic acids is 1. The number of fused-ring (bicyclic) bond motifs is 1. The van der Waals surface area contributed by atoms with Crippen molar-refractivity contribution in [2.75, 3.05) is 0 Å². The third-order valence-corrected chi connectivity index (χ3v) is 4.11. The molecular formula is C21H16N2O3. The molecule has 4 aromatic rings. The molecular weight excluding hydrogens is 328 g/mol. The Labute approximate surface area is 149 Å². The molecule has 0 aliphatic rings. The van der Waals surface area contributed by atoms with Crippen molar-refractivity contribution in [3.8, 4) is 16.9 Å². The van der Waals surface area contributed by atoms with Crippen LogP contribution in [0.2, 0.25) is 0 Å². The second-order valence-corrected chi connectivity index (χ2v) is 5.90. The van der Waals surface area contributed by atoms with Crippen LogP contribution in [0, 0.1) is 0 Å².